The molecule has 3 rings (SSSR count). The lowest BCUT2D eigenvalue weighted by Gasteiger charge is -2.43. The third-order valence-corrected chi connectivity index (χ3v) is 5.70. The number of nitrogens with one attached hydrogen (secondary N) is 1. The van der Waals surface area contributed by atoms with Crippen LogP contribution in [0.2, 0.25) is 0 Å². The molecule has 0 aromatic heterocycles. The fourth-order valence-corrected chi connectivity index (χ4v) is 4.68. The van der Waals surface area contributed by atoms with Crippen molar-refractivity contribution in [3.05, 3.63) is 29.8 Å². The summed E-state index contributed by atoms with van der Waals surface area (Å²) in [6.45, 7) is 1.20. The Morgan fingerprint density at radius 1 is 1.35 bits per heavy atom. The largest absolute Gasteiger partial charge is 0.319 e. The molecule has 1 fully saturated rings. The second-order valence-electron chi connectivity index (χ2n) is 5.63. The summed E-state index contributed by atoms with van der Waals surface area (Å²) in [5.41, 5.74) is 2.22. The average Bonchev–Trinajstić information content (AvgIpc) is 2.70. The van der Waals surface area contributed by atoms with Gasteiger partial charge in [-0.1, -0.05) is 24.6 Å². The average molecular weight is 247 g/mol. The molecule has 2 aliphatic rings. The molecule has 1 saturated carbocycles. The van der Waals surface area contributed by atoms with Crippen molar-refractivity contribution < 1.29 is 0 Å². The summed E-state index contributed by atoms with van der Waals surface area (Å²) in [4.78, 5) is 1.52. The Hall–Kier alpha value is -0.470. The topological polar surface area (TPSA) is 12.0 Å². The van der Waals surface area contributed by atoms with E-state index < -0.39 is 0 Å². The van der Waals surface area contributed by atoms with E-state index in [1.54, 1.807) is 5.56 Å². The van der Waals surface area contributed by atoms with E-state index in [2.05, 4.69) is 36.6 Å². The molecule has 1 N–H and O–H groups in total. The summed E-state index contributed by atoms with van der Waals surface area (Å²) in [5.74, 6) is 2.09. The quantitative estimate of drug-likeness (QED) is 0.871. The summed E-state index contributed by atoms with van der Waals surface area (Å²) in [5, 5.41) is 3.40. The second kappa shape index (κ2) is 4.66. The Balaban J connectivity index is 1.74. The first-order valence-electron chi connectivity index (χ1n) is 6.69. The first kappa shape index (κ1) is 11.6. The van der Waals surface area contributed by atoms with Crippen LogP contribution in [0.15, 0.2) is 29.2 Å². The third kappa shape index (κ3) is 2.13. The van der Waals surface area contributed by atoms with E-state index in [4.69, 9.17) is 0 Å². The summed E-state index contributed by atoms with van der Waals surface area (Å²) in [6.07, 6.45) is 5.68. The highest BCUT2D eigenvalue weighted by atomic mass is 32.2. The van der Waals surface area contributed by atoms with Gasteiger partial charge in [-0.15, -0.1) is 11.8 Å². The Labute approximate surface area is 108 Å². The molecule has 1 aliphatic heterocycles. The smallest absolute Gasteiger partial charge is 0.0107 e. The predicted molar refractivity (Wildman–Crippen MR) is 74.7 cm³/mol. The van der Waals surface area contributed by atoms with Gasteiger partial charge in [-0.2, -0.15) is 0 Å². The molecule has 0 amide bonds. The first-order chi connectivity index (χ1) is 8.33. The zero-order valence-electron chi connectivity index (χ0n) is 10.5. The van der Waals surface area contributed by atoms with Crippen LogP contribution in [0, 0.1) is 5.41 Å². The van der Waals surface area contributed by atoms with Gasteiger partial charge in [0.2, 0.25) is 0 Å². The molecule has 0 radical (unpaired) electrons. The fraction of sp³-hybridized carbons (Fsp3) is 0.600. The van der Waals surface area contributed by atoms with E-state index in [1.165, 1.54) is 42.9 Å². The van der Waals surface area contributed by atoms with Crippen molar-refractivity contribution in [2.45, 2.75) is 36.5 Å². The van der Waals surface area contributed by atoms with Crippen molar-refractivity contribution >= 4 is 11.8 Å². The Bertz CT molecular complexity index is 398. The molecule has 1 heterocycles. The molecule has 2 heteroatoms. The van der Waals surface area contributed by atoms with E-state index in [0.29, 0.717) is 5.41 Å². The predicted octanol–water partition coefficient (Wildman–Crippen LogP) is 3.66. The Morgan fingerprint density at radius 2 is 2.18 bits per heavy atom. The number of rotatable bonds is 4. The molecular weight excluding hydrogens is 226 g/mol. The molecule has 1 aromatic rings. The minimum Gasteiger partial charge on any atom is -0.319 e. The van der Waals surface area contributed by atoms with Crippen LogP contribution in [0.25, 0.3) is 0 Å². The number of fused-ring (bicyclic) bond motifs is 1. The molecule has 1 aromatic carbocycles. The minimum absolute atomic E-state index is 0.609. The van der Waals surface area contributed by atoms with Crippen molar-refractivity contribution in [3.63, 3.8) is 0 Å². The van der Waals surface area contributed by atoms with Crippen molar-refractivity contribution in [1.29, 1.82) is 0 Å². The standard InChI is InChI=1S/C15H21NS/c1-16-11-15(7-4-8-15)9-12-10-17-14-6-3-2-5-13(12)14/h2-3,5-6,12,16H,4,7-11H2,1H3. The highest BCUT2D eigenvalue weighted by Gasteiger charge is 2.39. The lowest BCUT2D eigenvalue weighted by atomic mass is 9.63. The minimum atomic E-state index is 0.609. The maximum Gasteiger partial charge on any atom is 0.0107 e. The van der Waals surface area contributed by atoms with Gasteiger partial charge in [-0.3, -0.25) is 0 Å². The fourth-order valence-electron chi connectivity index (χ4n) is 3.43. The van der Waals surface area contributed by atoms with Gasteiger partial charge in [0.1, 0.15) is 0 Å². The maximum absolute atomic E-state index is 3.40. The molecule has 17 heavy (non-hydrogen) atoms. The van der Waals surface area contributed by atoms with Gasteiger partial charge < -0.3 is 5.32 Å². The van der Waals surface area contributed by atoms with E-state index in [-0.39, 0.29) is 0 Å². The molecule has 1 aliphatic carbocycles. The number of hydrogen-bond donors (Lipinski definition) is 1. The maximum atomic E-state index is 3.40. The highest BCUT2D eigenvalue weighted by molar-refractivity contribution is 7.99. The lowest BCUT2D eigenvalue weighted by molar-refractivity contribution is 0.112. The molecule has 0 saturated heterocycles. The monoisotopic (exact) mass is 247 g/mol. The van der Waals surface area contributed by atoms with Crippen LogP contribution >= 0.6 is 11.8 Å². The van der Waals surface area contributed by atoms with Crippen LogP contribution in [-0.2, 0) is 0 Å². The van der Waals surface area contributed by atoms with Gasteiger partial charge in [0, 0.05) is 17.2 Å². The van der Waals surface area contributed by atoms with Crippen molar-refractivity contribution in [3.8, 4) is 0 Å². The summed E-state index contributed by atoms with van der Waals surface area (Å²) in [6, 6.07) is 8.99. The molecule has 1 nitrogen and oxygen atoms in total. The van der Waals surface area contributed by atoms with Crippen LogP contribution in [0.1, 0.15) is 37.2 Å². The van der Waals surface area contributed by atoms with Crippen molar-refractivity contribution in [1.82, 2.24) is 5.32 Å². The van der Waals surface area contributed by atoms with Gasteiger partial charge in [0.15, 0.2) is 0 Å². The zero-order valence-corrected chi connectivity index (χ0v) is 11.4. The molecule has 92 valence electrons. The molecule has 0 spiro atoms. The summed E-state index contributed by atoms with van der Waals surface area (Å²) < 4.78 is 0. The van der Waals surface area contributed by atoms with Gasteiger partial charge in [0.05, 0.1) is 0 Å². The van der Waals surface area contributed by atoms with E-state index in [1.807, 2.05) is 11.8 Å². The van der Waals surface area contributed by atoms with Crippen LogP contribution in [0.5, 0.6) is 0 Å². The molecule has 1 atom stereocenters. The van der Waals surface area contributed by atoms with Crippen LogP contribution in [0.3, 0.4) is 0 Å². The van der Waals surface area contributed by atoms with E-state index in [9.17, 15) is 0 Å². The van der Waals surface area contributed by atoms with E-state index >= 15 is 0 Å². The van der Waals surface area contributed by atoms with Gasteiger partial charge in [-0.05, 0) is 49.3 Å². The Morgan fingerprint density at radius 3 is 2.88 bits per heavy atom. The third-order valence-electron chi connectivity index (χ3n) is 4.44. The first-order valence-corrected chi connectivity index (χ1v) is 7.68. The van der Waals surface area contributed by atoms with Gasteiger partial charge >= 0.3 is 0 Å². The number of hydrogen-bond acceptors (Lipinski definition) is 2. The second-order valence-corrected chi connectivity index (χ2v) is 6.70. The summed E-state index contributed by atoms with van der Waals surface area (Å²) in [7, 11) is 2.09. The SMILES string of the molecule is CNCC1(CC2CSc3ccccc32)CCC1. The highest BCUT2D eigenvalue weighted by Crippen LogP contribution is 2.51. The lowest BCUT2D eigenvalue weighted by Crippen LogP contribution is -2.40. The van der Waals surface area contributed by atoms with Crippen LogP contribution in [0.4, 0.5) is 0 Å². The van der Waals surface area contributed by atoms with Gasteiger partial charge in [-0.25, -0.2) is 0 Å². The van der Waals surface area contributed by atoms with Crippen molar-refractivity contribution in [2.24, 2.45) is 5.41 Å². The Kier molecular flexibility index (Phi) is 3.18. The summed E-state index contributed by atoms with van der Waals surface area (Å²) >= 11 is 2.05. The normalized spacial score (nSPS) is 25.4. The van der Waals surface area contributed by atoms with Crippen molar-refractivity contribution in [2.75, 3.05) is 19.3 Å². The molecular formula is C15H21NS. The van der Waals surface area contributed by atoms with Crippen LogP contribution in [-0.4, -0.2) is 19.3 Å². The number of thioether (sulfide) groups is 1. The zero-order chi connectivity index (χ0) is 11.7. The van der Waals surface area contributed by atoms with E-state index in [0.717, 1.165) is 5.92 Å². The van der Waals surface area contributed by atoms with Crippen LogP contribution < -0.4 is 5.32 Å². The molecule has 0 bridgehead atoms. The number of benzene rings is 1. The van der Waals surface area contributed by atoms with Gasteiger partial charge in [0.25, 0.3) is 0 Å². The molecule has 1 unspecified atom stereocenters.